The summed E-state index contributed by atoms with van der Waals surface area (Å²) in [5, 5.41) is 11.6. The first-order valence-electron chi connectivity index (χ1n) is 8.45. The van der Waals surface area contributed by atoms with Gasteiger partial charge in [-0.1, -0.05) is 24.6 Å². The van der Waals surface area contributed by atoms with Gasteiger partial charge in [0.05, 0.1) is 0 Å². The summed E-state index contributed by atoms with van der Waals surface area (Å²) in [6.45, 7) is 0.612. The molecule has 0 bridgehead atoms. The number of aromatic nitrogens is 1. The van der Waals surface area contributed by atoms with Crippen LogP contribution in [0.3, 0.4) is 0 Å². The number of guanidine groups is 1. The smallest absolute Gasteiger partial charge is 0.224 e. The van der Waals surface area contributed by atoms with Crippen molar-refractivity contribution < 1.29 is 4.79 Å². The van der Waals surface area contributed by atoms with Gasteiger partial charge in [0.25, 0.3) is 0 Å². The van der Waals surface area contributed by atoms with E-state index in [4.69, 9.17) is 11.0 Å². The molecule has 1 heterocycles. The largest absolute Gasteiger partial charge is 0.369 e. The van der Waals surface area contributed by atoms with Crippen molar-refractivity contribution in [2.45, 2.75) is 25.7 Å². The molecule has 7 nitrogen and oxygen atoms in total. The summed E-state index contributed by atoms with van der Waals surface area (Å²) in [5.74, 6) is 0.160. The SMILES string of the molecule is N#CN=C(N)N(CCCCCC(=O)Nc1ccccc1)c1ccncc1. The molecule has 7 heteroatoms. The Bertz CT molecular complexity index is 755. The molecular weight excluding hydrogens is 328 g/mol. The predicted molar refractivity (Wildman–Crippen MR) is 102 cm³/mol. The van der Waals surface area contributed by atoms with Gasteiger partial charge in [-0.25, -0.2) is 0 Å². The number of anilines is 2. The summed E-state index contributed by atoms with van der Waals surface area (Å²) in [5.41, 5.74) is 7.52. The van der Waals surface area contributed by atoms with Crippen LogP contribution in [0, 0.1) is 11.5 Å². The Morgan fingerprint density at radius 3 is 2.58 bits per heavy atom. The fourth-order valence-corrected chi connectivity index (χ4v) is 2.49. The Labute approximate surface area is 153 Å². The van der Waals surface area contributed by atoms with Gasteiger partial charge in [0.15, 0.2) is 0 Å². The van der Waals surface area contributed by atoms with Crippen LogP contribution in [0.25, 0.3) is 0 Å². The molecule has 26 heavy (non-hydrogen) atoms. The first kappa shape index (κ1) is 18.9. The first-order valence-corrected chi connectivity index (χ1v) is 8.45. The normalized spacial score (nSPS) is 10.8. The highest BCUT2D eigenvalue weighted by Gasteiger charge is 2.10. The minimum absolute atomic E-state index is 0.00717. The number of nitriles is 1. The molecule has 0 saturated carbocycles. The van der Waals surface area contributed by atoms with Crippen molar-refractivity contribution in [2.75, 3.05) is 16.8 Å². The molecule has 0 aliphatic rings. The zero-order valence-corrected chi connectivity index (χ0v) is 14.5. The number of carbonyl (C=O) groups is 1. The van der Waals surface area contributed by atoms with Crippen LogP contribution in [0.5, 0.6) is 0 Å². The van der Waals surface area contributed by atoms with Crippen LogP contribution >= 0.6 is 0 Å². The number of para-hydroxylation sites is 1. The lowest BCUT2D eigenvalue weighted by Gasteiger charge is -2.22. The number of nitrogens with zero attached hydrogens (tertiary/aromatic N) is 4. The second-order valence-corrected chi connectivity index (χ2v) is 5.65. The lowest BCUT2D eigenvalue weighted by molar-refractivity contribution is -0.116. The molecule has 1 amide bonds. The summed E-state index contributed by atoms with van der Waals surface area (Å²) >= 11 is 0. The third-order valence-electron chi connectivity index (χ3n) is 3.76. The zero-order chi connectivity index (χ0) is 18.6. The van der Waals surface area contributed by atoms with Crippen molar-refractivity contribution in [1.82, 2.24) is 4.98 Å². The molecule has 0 unspecified atom stereocenters. The van der Waals surface area contributed by atoms with Gasteiger partial charge in [-0.3, -0.25) is 9.78 Å². The summed E-state index contributed by atoms with van der Waals surface area (Å²) in [4.78, 5) is 21.3. The Kier molecular flexibility index (Phi) is 7.62. The van der Waals surface area contributed by atoms with Gasteiger partial charge in [0.2, 0.25) is 18.1 Å². The molecule has 1 aromatic carbocycles. The Morgan fingerprint density at radius 1 is 1.15 bits per heavy atom. The number of benzene rings is 1. The third-order valence-corrected chi connectivity index (χ3v) is 3.76. The second-order valence-electron chi connectivity index (χ2n) is 5.65. The standard InChI is InChI=1S/C19H22N6O/c20-15-23-19(21)25(17-10-12-22-13-11-17)14-6-2-5-9-18(26)24-16-7-3-1-4-8-16/h1,3-4,7-8,10-13H,2,5-6,9,14H2,(H2,21,23)(H,24,26). The number of nitrogens with two attached hydrogens (primary N) is 1. The Balaban J connectivity index is 1.76. The lowest BCUT2D eigenvalue weighted by Crippen LogP contribution is -2.38. The third kappa shape index (κ3) is 6.24. The Hall–Kier alpha value is -3.40. The molecule has 0 fully saturated rings. The molecule has 3 N–H and O–H groups in total. The van der Waals surface area contributed by atoms with E-state index in [-0.39, 0.29) is 11.9 Å². The van der Waals surface area contributed by atoms with Gasteiger partial charge in [0.1, 0.15) is 0 Å². The number of amides is 1. The maximum absolute atomic E-state index is 11.9. The lowest BCUT2D eigenvalue weighted by atomic mass is 10.1. The highest BCUT2D eigenvalue weighted by atomic mass is 16.1. The van der Waals surface area contributed by atoms with Gasteiger partial charge in [-0.2, -0.15) is 5.26 Å². The molecule has 0 saturated heterocycles. The second kappa shape index (κ2) is 10.5. The fourth-order valence-electron chi connectivity index (χ4n) is 2.49. The molecule has 0 atom stereocenters. The van der Waals surface area contributed by atoms with Crippen LogP contribution in [0.1, 0.15) is 25.7 Å². The van der Waals surface area contributed by atoms with E-state index < -0.39 is 0 Å². The van der Waals surface area contributed by atoms with Gasteiger partial charge in [-0.15, -0.1) is 4.99 Å². The van der Waals surface area contributed by atoms with Crippen molar-refractivity contribution >= 4 is 23.2 Å². The van der Waals surface area contributed by atoms with E-state index in [1.807, 2.05) is 42.5 Å². The minimum atomic E-state index is 0.00717. The van der Waals surface area contributed by atoms with Crippen LogP contribution < -0.4 is 16.0 Å². The average Bonchev–Trinajstić information content (AvgIpc) is 2.66. The van der Waals surface area contributed by atoms with Crippen LogP contribution in [0.15, 0.2) is 59.9 Å². The van der Waals surface area contributed by atoms with E-state index in [9.17, 15) is 4.79 Å². The van der Waals surface area contributed by atoms with Gasteiger partial charge in [0, 0.05) is 36.7 Å². The van der Waals surface area contributed by atoms with Crippen molar-refractivity contribution in [2.24, 2.45) is 10.7 Å². The number of rotatable bonds is 8. The molecule has 0 aliphatic carbocycles. The summed E-state index contributed by atoms with van der Waals surface area (Å²) < 4.78 is 0. The number of carbonyl (C=O) groups excluding carboxylic acids is 1. The number of hydrogen-bond donors (Lipinski definition) is 2. The summed E-state index contributed by atoms with van der Waals surface area (Å²) in [6, 6.07) is 13.0. The van der Waals surface area contributed by atoms with Gasteiger partial charge < -0.3 is 16.0 Å². The molecule has 134 valence electrons. The maximum Gasteiger partial charge on any atom is 0.224 e. The maximum atomic E-state index is 11.9. The Morgan fingerprint density at radius 2 is 1.88 bits per heavy atom. The monoisotopic (exact) mass is 350 g/mol. The molecule has 2 rings (SSSR count). The number of nitrogens with one attached hydrogen (secondary N) is 1. The van der Waals surface area contributed by atoms with Crippen molar-refractivity contribution in [3.63, 3.8) is 0 Å². The molecule has 1 aromatic heterocycles. The molecular formula is C19H22N6O. The number of aliphatic imine (C=N–C) groups is 1. The van der Waals surface area contributed by atoms with Crippen LogP contribution in [-0.4, -0.2) is 23.4 Å². The van der Waals surface area contributed by atoms with Crippen LogP contribution in [0.2, 0.25) is 0 Å². The summed E-state index contributed by atoms with van der Waals surface area (Å²) in [6.07, 6.45) is 7.96. The molecule has 0 aliphatic heterocycles. The molecule has 0 radical (unpaired) electrons. The van der Waals surface area contributed by atoms with Gasteiger partial charge >= 0.3 is 0 Å². The summed E-state index contributed by atoms with van der Waals surface area (Å²) in [7, 11) is 0. The molecule has 2 aromatic rings. The van der Waals surface area contributed by atoms with Crippen LogP contribution in [-0.2, 0) is 4.79 Å². The molecule has 0 spiro atoms. The first-order chi connectivity index (χ1) is 12.7. The highest BCUT2D eigenvalue weighted by Crippen LogP contribution is 2.14. The number of hydrogen-bond acceptors (Lipinski definition) is 4. The topological polar surface area (TPSA) is 107 Å². The van der Waals surface area contributed by atoms with E-state index >= 15 is 0 Å². The van der Waals surface area contributed by atoms with E-state index in [2.05, 4.69) is 15.3 Å². The highest BCUT2D eigenvalue weighted by molar-refractivity contribution is 5.95. The van der Waals surface area contributed by atoms with E-state index in [0.29, 0.717) is 13.0 Å². The van der Waals surface area contributed by atoms with Gasteiger partial charge in [-0.05, 0) is 37.1 Å². The van der Waals surface area contributed by atoms with Crippen molar-refractivity contribution in [3.05, 3.63) is 54.9 Å². The van der Waals surface area contributed by atoms with Crippen molar-refractivity contribution in [3.8, 4) is 6.19 Å². The average molecular weight is 350 g/mol. The predicted octanol–water partition coefficient (Wildman–Crippen LogP) is 2.88. The quantitative estimate of drug-likeness (QED) is 0.329. The zero-order valence-electron chi connectivity index (χ0n) is 14.5. The van der Waals surface area contributed by atoms with E-state index in [1.54, 1.807) is 23.5 Å². The number of pyridine rings is 1. The fraction of sp³-hybridized carbons (Fsp3) is 0.263. The van der Waals surface area contributed by atoms with Crippen LogP contribution in [0.4, 0.5) is 11.4 Å². The van der Waals surface area contributed by atoms with Crippen molar-refractivity contribution in [1.29, 1.82) is 5.26 Å². The van der Waals surface area contributed by atoms with E-state index in [1.165, 1.54) is 0 Å². The minimum Gasteiger partial charge on any atom is -0.369 e. The number of unbranched alkanes of at least 4 members (excludes halogenated alkanes) is 2. The van der Waals surface area contributed by atoms with E-state index in [0.717, 1.165) is 30.6 Å².